The van der Waals surface area contributed by atoms with E-state index in [4.69, 9.17) is 33.0 Å². The summed E-state index contributed by atoms with van der Waals surface area (Å²) in [7, 11) is 1.53. The van der Waals surface area contributed by atoms with Gasteiger partial charge in [-0.3, -0.25) is 4.79 Å². The standard InChI is InChI=1S/C9H11Cl2N3O3/c1-17-3-2-14(5-8(15)16)6-4-7(10)12-13-9(6)11/h4H,2-3,5H2,1H3,(H,15,16). The quantitative estimate of drug-likeness (QED) is 0.847. The number of carbonyl (C=O) groups is 1. The van der Waals surface area contributed by atoms with Crippen LogP contribution < -0.4 is 4.90 Å². The molecule has 0 spiro atoms. The van der Waals surface area contributed by atoms with Gasteiger partial charge in [0.05, 0.1) is 12.3 Å². The molecule has 94 valence electrons. The Bertz CT molecular complexity index is 403. The Labute approximate surface area is 108 Å². The van der Waals surface area contributed by atoms with Crippen LogP contribution >= 0.6 is 23.2 Å². The highest BCUT2D eigenvalue weighted by Crippen LogP contribution is 2.24. The molecule has 0 aromatic carbocycles. The molecule has 1 aromatic rings. The summed E-state index contributed by atoms with van der Waals surface area (Å²) < 4.78 is 4.90. The number of ether oxygens (including phenoxy) is 1. The molecule has 8 heteroatoms. The van der Waals surface area contributed by atoms with Crippen molar-refractivity contribution >= 4 is 34.9 Å². The fraction of sp³-hybridized carbons (Fsp3) is 0.444. The van der Waals surface area contributed by atoms with Gasteiger partial charge in [0.2, 0.25) is 0 Å². The second kappa shape index (κ2) is 6.58. The largest absolute Gasteiger partial charge is 0.480 e. The Morgan fingerprint density at radius 3 is 2.82 bits per heavy atom. The molecule has 0 bridgehead atoms. The van der Waals surface area contributed by atoms with Crippen LogP contribution in [0.3, 0.4) is 0 Å². The summed E-state index contributed by atoms with van der Waals surface area (Å²) in [6, 6.07) is 1.47. The van der Waals surface area contributed by atoms with E-state index in [1.165, 1.54) is 18.1 Å². The fourth-order valence-corrected chi connectivity index (χ4v) is 1.57. The number of rotatable bonds is 6. The summed E-state index contributed by atoms with van der Waals surface area (Å²) in [5.41, 5.74) is 0.422. The maximum absolute atomic E-state index is 10.7. The van der Waals surface area contributed by atoms with E-state index in [9.17, 15) is 4.79 Å². The molecule has 0 fully saturated rings. The molecule has 17 heavy (non-hydrogen) atoms. The molecular formula is C9H11Cl2N3O3. The number of aromatic nitrogens is 2. The highest BCUT2D eigenvalue weighted by atomic mass is 35.5. The van der Waals surface area contributed by atoms with Crippen molar-refractivity contribution in [3.63, 3.8) is 0 Å². The topological polar surface area (TPSA) is 75.5 Å². The molecule has 1 rings (SSSR count). The van der Waals surface area contributed by atoms with Gasteiger partial charge in [-0.05, 0) is 0 Å². The van der Waals surface area contributed by atoms with E-state index in [2.05, 4.69) is 10.2 Å². The Balaban J connectivity index is 2.93. The Morgan fingerprint density at radius 2 is 2.24 bits per heavy atom. The number of nitrogens with zero attached hydrogens (tertiary/aromatic N) is 3. The van der Waals surface area contributed by atoms with Gasteiger partial charge >= 0.3 is 5.97 Å². The number of methoxy groups -OCH3 is 1. The first-order chi connectivity index (χ1) is 8.04. The first-order valence-corrected chi connectivity index (χ1v) is 5.44. The lowest BCUT2D eigenvalue weighted by atomic mass is 10.3. The number of hydrogen-bond acceptors (Lipinski definition) is 5. The molecule has 1 aromatic heterocycles. The first-order valence-electron chi connectivity index (χ1n) is 4.69. The maximum Gasteiger partial charge on any atom is 0.323 e. The molecule has 0 saturated carbocycles. The third-order valence-corrected chi connectivity index (χ3v) is 2.39. The van der Waals surface area contributed by atoms with Crippen molar-refractivity contribution in [1.29, 1.82) is 0 Å². The van der Waals surface area contributed by atoms with Crippen molar-refractivity contribution in [3.05, 3.63) is 16.4 Å². The van der Waals surface area contributed by atoms with E-state index >= 15 is 0 Å². The van der Waals surface area contributed by atoms with Crippen LogP contribution in [-0.2, 0) is 9.53 Å². The van der Waals surface area contributed by atoms with Crippen LogP contribution in [-0.4, -0.2) is 48.1 Å². The van der Waals surface area contributed by atoms with E-state index in [-0.39, 0.29) is 16.9 Å². The zero-order valence-electron chi connectivity index (χ0n) is 9.06. The van der Waals surface area contributed by atoms with Crippen molar-refractivity contribution in [2.45, 2.75) is 0 Å². The highest BCUT2D eigenvalue weighted by molar-refractivity contribution is 6.33. The number of hydrogen-bond donors (Lipinski definition) is 1. The third-order valence-electron chi connectivity index (χ3n) is 1.93. The second-order valence-corrected chi connectivity index (χ2v) is 3.90. The van der Waals surface area contributed by atoms with Crippen molar-refractivity contribution in [2.24, 2.45) is 0 Å². The molecular weight excluding hydrogens is 269 g/mol. The first kappa shape index (κ1) is 14.0. The SMILES string of the molecule is COCCN(CC(=O)O)c1cc(Cl)nnc1Cl. The van der Waals surface area contributed by atoms with E-state index in [0.29, 0.717) is 18.8 Å². The van der Waals surface area contributed by atoms with E-state index in [1.54, 1.807) is 0 Å². The molecule has 0 amide bonds. The van der Waals surface area contributed by atoms with Crippen molar-refractivity contribution in [1.82, 2.24) is 10.2 Å². The Kier molecular flexibility index (Phi) is 5.40. The van der Waals surface area contributed by atoms with Crippen molar-refractivity contribution in [2.75, 3.05) is 31.7 Å². The summed E-state index contributed by atoms with van der Waals surface area (Å²) in [5.74, 6) is -0.981. The monoisotopic (exact) mass is 279 g/mol. The van der Waals surface area contributed by atoms with Crippen LogP contribution in [0, 0.1) is 0 Å². The van der Waals surface area contributed by atoms with Gasteiger partial charge in [-0.1, -0.05) is 23.2 Å². The second-order valence-electron chi connectivity index (χ2n) is 3.15. The lowest BCUT2D eigenvalue weighted by molar-refractivity contribution is -0.135. The molecule has 0 atom stereocenters. The predicted octanol–water partition coefficient (Wildman–Crippen LogP) is 1.32. The average Bonchev–Trinajstić information content (AvgIpc) is 2.27. The molecule has 0 radical (unpaired) electrons. The average molecular weight is 280 g/mol. The lowest BCUT2D eigenvalue weighted by Crippen LogP contribution is -2.33. The summed E-state index contributed by atoms with van der Waals surface area (Å²) in [5, 5.41) is 16.2. The number of carboxylic acids is 1. The van der Waals surface area contributed by atoms with E-state index in [0.717, 1.165) is 0 Å². The summed E-state index contributed by atoms with van der Waals surface area (Å²) >= 11 is 11.5. The molecule has 0 saturated heterocycles. The minimum atomic E-state index is -0.981. The Morgan fingerprint density at radius 1 is 1.53 bits per heavy atom. The van der Waals surface area contributed by atoms with Crippen molar-refractivity contribution < 1.29 is 14.6 Å². The minimum Gasteiger partial charge on any atom is -0.480 e. The zero-order chi connectivity index (χ0) is 12.8. The predicted molar refractivity (Wildman–Crippen MR) is 63.8 cm³/mol. The third kappa shape index (κ3) is 4.33. The molecule has 1 heterocycles. The number of carboxylic acid groups (broad SMARTS) is 1. The van der Waals surface area contributed by atoms with Crippen LogP contribution in [0.5, 0.6) is 0 Å². The van der Waals surface area contributed by atoms with Gasteiger partial charge in [-0.15, -0.1) is 10.2 Å². The van der Waals surface area contributed by atoms with Crippen LogP contribution in [0.4, 0.5) is 5.69 Å². The van der Waals surface area contributed by atoms with Crippen LogP contribution in [0.2, 0.25) is 10.3 Å². The van der Waals surface area contributed by atoms with E-state index in [1.807, 2.05) is 0 Å². The normalized spacial score (nSPS) is 10.3. The smallest absolute Gasteiger partial charge is 0.323 e. The number of anilines is 1. The van der Waals surface area contributed by atoms with Crippen molar-refractivity contribution in [3.8, 4) is 0 Å². The fourth-order valence-electron chi connectivity index (χ4n) is 1.22. The van der Waals surface area contributed by atoms with Gasteiger partial charge in [0.1, 0.15) is 6.54 Å². The van der Waals surface area contributed by atoms with Gasteiger partial charge < -0.3 is 14.7 Å². The van der Waals surface area contributed by atoms with Gasteiger partial charge in [-0.25, -0.2) is 0 Å². The molecule has 0 aliphatic carbocycles. The Hall–Kier alpha value is -1.11. The minimum absolute atomic E-state index is 0.103. The molecule has 0 aliphatic heterocycles. The molecule has 0 aliphatic rings. The van der Waals surface area contributed by atoms with Crippen LogP contribution in [0.25, 0.3) is 0 Å². The van der Waals surface area contributed by atoms with E-state index < -0.39 is 5.97 Å². The zero-order valence-corrected chi connectivity index (χ0v) is 10.6. The number of halogens is 2. The molecule has 1 N–H and O–H groups in total. The summed E-state index contributed by atoms with van der Waals surface area (Å²) in [4.78, 5) is 12.3. The summed E-state index contributed by atoms with van der Waals surface area (Å²) in [6.07, 6.45) is 0. The summed E-state index contributed by atoms with van der Waals surface area (Å²) in [6.45, 7) is 0.513. The van der Waals surface area contributed by atoms with Gasteiger partial charge in [0.25, 0.3) is 0 Å². The van der Waals surface area contributed by atoms with Crippen LogP contribution in [0.15, 0.2) is 6.07 Å². The van der Waals surface area contributed by atoms with Gasteiger partial charge in [-0.2, -0.15) is 0 Å². The van der Waals surface area contributed by atoms with Gasteiger partial charge in [0, 0.05) is 19.7 Å². The maximum atomic E-state index is 10.7. The lowest BCUT2D eigenvalue weighted by Gasteiger charge is -2.22. The highest BCUT2D eigenvalue weighted by Gasteiger charge is 2.15. The van der Waals surface area contributed by atoms with Crippen LogP contribution in [0.1, 0.15) is 0 Å². The van der Waals surface area contributed by atoms with Gasteiger partial charge in [0.15, 0.2) is 10.3 Å². The number of aliphatic carboxylic acids is 1. The molecule has 0 unspecified atom stereocenters. The molecule has 6 nitrogen and oxygen atoms in total.